The summed E-state index contributed by atoms with van der Waals surface area (Å²) < 4.78 is 21.6. The molecule has 0 spiro atoms. The Morgan fingerprint density at radius 2 is 1.85 bits per heavy atom. The fourth-order valence-corrected chi connectivity index (χ4v) is 2.81. The summed E-state index contributed by atoms with van der Waals surface area (Å²) in [6.45, 7) is 1.57. The van der Waals surface area contributed by atoms with Crippen LogP contribution in [0.25, 0.3) is 0 Å². The Balaban J connectivity index is 2.77. The first-order valence-electron chi connectivity index (χ1n) is 7.74. The van der Waals surface area contributed by atoms with Crippen molar-refractivity contribution in [3.8, 4) is 23.0 Å². The largest absolute Gasteiger partial charge is 0.502 e. The second-order valence-electron chi connectivity index (χ2n) is 5.58. The fourth-order valence-electron chi connectivity index (χ4n) is 2.81. The normalized spacial score (nSPS) is 11.7. The van der Waals surface area contributed by atoms with Gasteiger partial charge in [-0.2, -0.15) is 0 Å². The third kappa shape index (κ3) is 3.58. The van der Waals surface area contributed by atoms with Gasteiger partial charge in [0.15, 0.2) is 17.3 Å². The lowest BCUT2D eigenvalue weighted by molar-refractivity contribution is -0.118. The highest BCUT2D eigenvalue weighted by Gasteiger charge is 2.30. The number of rotatable bonds is 7. The van der Waals surface area contributed by atoms with E-state index in [0.29, 0.717) is 17.1 Å². The summed E-state index contributed by atoms with van der Waals surface area (Å²) in [7, 11) is 4.34. The summed E-state index contributed by atoms with van der Waals surface area (Å²) in [6.07, 6.45) is -0.216. The van der Waals surface area contributed by atoms with Gasteiger partial charge in [-0.25, -0.2) is 0 Å². The molecule has 0 radical (unpaired) electrons. The van der Waals surface area contributed by atoms with Crippen molar-refractivity contribution in [3.05, 3.63) is 45.5 Å². The molecule has 1 aromatic heterocycles. The van der Waals surface area contributed by atoms with E-state index in [-0.39, 0.29) is 23.7 Å². The molecule has 0 aliphatic carbocycles. The molecule has 26 heavy (non-hydrogen) atoms. The zero-order valence-electron chi connectivity index (χ0n) is 15.0. The molecule has 0 saturated heterocycles. The van der Waals surface area contributed by atoms with Crippen LogP contribution in [0.4, 0.5) is 0 Å². The zero-order chi connectivity index (χ0) is 19.4. The predicted octanol–water partition coefficient (Wildman–Crippen LogP) is 1.69. The van der Waals surface area contributed by atoms with E-state index in [1.54, 1.807) is 19.1 Å². The number of amides is 1. The van der Waals surface area contributed by atoms with Crippen molar-refractivity contribution < 1.29 is 28.5 Å². The van der Waals surface area contributed by atoms with Crippen molar-refractivity contribution in [2.75, 3.05) is 21.3 Å². The van der Waals surface area contributed by atoms with Gasteiger partial charge in [-0.3, -0.25) is 9.59 Å². The quantitative estimate of drug-likeness (QED) is 0.767. The van der Waals surface area contributed by atoms with Crippen LogP contribution < -0.4 is 25.4 Å². The molecule has 1 aromatic carbocycles. The van der Waals surface area contributed by atoms with Crippen LogP contribution in [0, 0.1) is 6.92 Å². The van der Waals surface area contributed by atoms with Gasteiger partial charge in [0.2, 0.25) is 22.8 Å². The Kier molecular flexibility index (Phi) is 5.76. The number of benzene rings is 1. The maximum absolute atomic E-state index is 12.0. The van der Waals surface area contributed by atoms with Gasteiger partial charge in [-0.1, -0.05) is 6.07 Å². The molecule has 0 unspecified atom stereocenters. The molecule has 8 nitrogen and oxygen atoms in total. The lowest BCUT2D eigenvalue weighted by Crippen LogP contribution is -2.18. The van der Waals surface area contributed by atoms with Crippen LogP contribution in [0.15, 0.2) is 27.4 Å². The van der Waals surface area contributed by atoms with Gasteiger partial charge >= 0.3 is 0 Å². The van der Waals surface area contributed by atoms with Crippen molar-refractivity contribution in [1.29, 1.82) is 0 Å². The van der Waals surface area contributed by atoms with Gasteiger partial charge in [0.25, 0.3) is 0 Å². The topological polar surface area (TPSA) is 121 Å². The molecule has 1 heterocycles. The third-order valence-corrected chi connectivity index (χ3v) is 3.90. The summed E-state index contributed by atoms with van der Waals surface area (Å²) in [5, 5.41) is 10.2. The highest BCUT2D eigenvalue weighted by Crippen LogP contribution is 2.46. The van der Waals surface area contributed by atoms with Crippen molar-refractivity contribution >= 4 is 5.91 Å². The first-order chi connectivity index (χ1) is 12.3. The smallest absolute Gasteiger partial charge is 0.227 e. The Labute approximate surface area is 150 Å². The van der Waals surface area contributed by atoms with Crippen molar-refractivity contribution in [2.45, 2.75) is 19.3 Å². The number of methoxy groups -OCH3 is 3. The van der Waals surface area contributed by atoms with Crippen molar-refractivity contribution in [3.63, 3.8) is 0 Å². The lowest BCUT2D eigenvalue weighted by atomic mass is 9.90. The molecule has 3 N–H and O–H groups in total. The van der Waals surface area contributed by atoms with Crippen LogP contribution in [-0.2, 0) is 4.79 Å². The monoisotopic (exact) mass is 363 g/mol. The number of hydrogen-bond donors (Lipinski definition) is 2. The zero-order valence-corrected chi connectivity index (χ0v) is 15.0. The second-order valence-corrected chi connectivity index (χ2v) is 5.58. The van der Waals surface area contributed by atoms with E-state index in [9.17, 15) is 14.7 Å². The fraction of sp³-hybridized carbons (Fsp3) is 0.333. The molecule has 1 amide bonds. The lowest BCUT2D eigenvalue weighted by Gasteiger charge is -2.21. The molecule has 0 saturated carbocycles. The second kappa shape index (κ2) is 7.81. The minimum atomic E-state index is -0.852. The van der Waals surface area contributed by atoms with Crippen molar-refractivity contribution in [1.82, 2.24) is 0 Å². The molecule has 140 valence electrons. The van der Waals surface area contributed by atoms with E-state index < -0.39 is 23.0 Å². The Morgan fingerprint density at radius 3 is 2.38 bits per heavy atom. The van der Waals surface area contributed by atoms with E-state index in [0.717, 1.165) is 6.07 Å². The van der Waals surface area contributed by atoms with Gasteiger partial charge in [-0.05, 0) is 13.0 Å². The Hall–Kier alpha value is -3.16. The van der Waals surface area contributed by atoms with Gasteiger partial charge in [0, 0.05) is 18.1 Å². The minimum absolute atomic E-state index is 0.0701. The van der Waals surface area contributed by atoms with Gasteiger partial charge in [0.1, 0.15) is 5.76 Å². The van der Waals surface area contributed by atoms with Crippen LogP contribution in [0.5, 0.6) is 23.0 Å². The molecule has 2 rings (SSSR count). The van der Waals surface area contributed by atoms with Gasteiger partial charge in [0.05, 0.1) is 27.2 Å². The predicted molar refractivity (Wildman–Crippen MR) is 93.1 cm³/mol. The average molecular weight is 363 g/mol. The molecular formula is C18H21NO7. The molecular weight excluding hydrogens is 342 g/mol. The summed E-state index contributed by atoms with van der Waals surface area (Å²) >= 11 is 0. The summed E-state index contributed by atoms with van der Waals surface area (Å²) in [5.74, 6) is -0.862. The maximum Gasteiger partial charge on any atom is 0.227 e. The van der Waals surface area contributed by atoms with E-state index in [4.69, 9.17) is 24.4 Å². The van der Waals surface area contributed by atoms with Crippen LogP contribution in [-0.4, -0.2) is 32.3 Å². The molecule has 2 aromatic rings. The highest BCUT2D eigenvalue weighted by atomic mass is 16.5. The van der Waals surface area contributed by atoms with E-state index in [2.05, 4.69) is 0 Å². The third-order valence-electron chi connectivity index (χ3n) is 3.90. The average Bonchev–Trinajstić information content (AvgIpc) is 2.61. The number of primary amides is 1. The standard InChI is InChI=1S/C18H21NO7/c1-9-7-12(20)15(22)16(26-9)11(8-14(19)21)10-5-6-13(23-2)18(25-4)17(10)24-3/h5-7,11,22H,8H2,1-4H3,(H2,19,21)/t11-/m1/s1. The molecule has 1 atom stereocenters. The number of aromatic hydroxyl groups is 1. The molecule has 0 fully saturated rings. The Morgan fingerprint density at radius 1 is 1.19 bits per heavy atom. The van der Waals surface area contributed by atoms with Crippen LogP contribution in [0.2, 0.25) is 0 Å². The van der Waals surface area contributed by atoms with E-state index >= 15 is 0 Å². The van der Waals surface area contributed by atoms with Crippen LogP contribution in [0.3, 0.4) is 0 Å². The number of carbonyl (C=O) groups is 1. The first kappa shape index (κ1) is 19.2. The van der Waals surface area contributed by atoms with Gasteiger partial charge in [-0.15, -0.1) is 0 Å². The molecule has 8 heteroatoms. The van der Waals surface area contributed by atoms with Crippen LogP contribution in [0.1, 0.15) is 29.4 Å². The maximum atomic E-state index is 12.0. The van der Waals surface area contributed by atoms with Gasteiger partial charge < -0.3 is 29.5 Å². The summed E-state index contributed by atoms with van der Waals surface area (Å²) in [5.41, 5.74) is 5.21. The summed E-state index contributed by atoms with van der Waals surface area (Å²) in [6, 6.07) is 4.41. The number of ether oxygens (including phenoxy) is 3. The number of hydrogen-bond acceptors (Lipinski definition) is 7. The van der Waals surface area contributed by atoms with E-state index in [1.165, 1.54) is 21.3 Å². The first-order valence-corrected chi connectivity index (χ1v) is 7.74. The van der Waals surface area contributed by atoms with E-state index in [1.807, 2.05) is 0 Å². The Bertz CT molecular complexity index is 873. The molecule has 0 aliphatic heterocycles. The van der Waals surface area contributed by atoms with Crippen molar-refractivity contribution in [2.24, 2.45) is 5.73 Å². The van der Waals surface area contributed by atoms with Crippen LogP contribution >= 0.6 is 0 Å². The molecule has 0 bridgehead atoms. The summed E-state index contributed by atoms with van der Waals surface area (Å²) in [4.78, 5) is 23.6. The molecule has 0 aliphatic rings. The minimum Gasteiger partial charge on any atom is -0.502 e. The highest BCUT2D eigenvalue weighted by molar-refractivity contribution is 5.76. The number of carbonyl (C=O) groups excluding carboxylic acids is 1. The number of nitrogens with two attached hydrogens (primary N) is 1. The SMILES string of the molecule is COc1ccc([C@@H](CC(N)=O)c2oc(C)cc(=O)c2O)c(OC)c1OC. The number of aryl methyl sites for hydroxylation is 1.